The number of piperidine rings is 1. The highest BCUT2D eigenvalue weighted by Gasteiger charge is 2.35. The average Bonchev–Trinajstić information content (AvgIpc) is 2.89. The predicted octanol–water partition coefficient (Wildman–Crippen LogP) is 2.27. The van der Waals surface area contributed by atoms with Crippen molar-refractivity contribution in [3.8, 4) is 0 Å². The van der Waals surface area contributed by atoms with Crippen molar-refractivity contribution in [1.82, 2.24) is 15.5 Å². The van der Waals surface area contributed by atoms with Crippen molar-refractivity contribution in [1.29, 1.82) is 0 Å². The molecule has 2 rings (SSSR count). The fraction of sp³-hybridized carbons (Fsp3) is 0.643. The fourth-order valence-electron chi connectivity index (χ4n) is 4.59. The van der Waals surface area contributed by atoms with Gasteiger partial charge in [-0.3, -0.25) is 19.2 Å². The van der Waals surface area contributed by atoms with Crippen LogP contribution in [0, 0.1) is 5.92 Å². The highest BCUT2D eigenvalue weighted by molar-refractivity contribution is 5.93. The van der Waals surface area contributed by atoms with E-state index in [4.69, 9.17) is 10.5 Å². The van der Waals surface area contributed by atoms with Gasteiger partial charge in [0, 0.05) is 19.5 Å². The number of amides is 3. The number of carbonyl (C=O) groups excluding carboxylic acids is 4. The molecule has 9 nitrogen and oxygen atoms in total. The summed E-state index contributed by atoms with van der Waals surface area (Å²) in [6.45, 7) is 5.39. The summed E-state index contributed by atoms with van der Waals surface area (Å²) < 4.78 is 19.5. The van der Waals surface area contributed by atoms with Crippen LogP contribution in [0.15, 0.2) is 30.3 Å². The van der Waals surface area contributed by atoms with Gasteiger partial charge in [0.05, 0.1) is 19.1 Å². The summed E-state index contributed by atoms with van der Waals surface area (Å²) in [6, 6.07) is 6.28. The predicted molar refractivity (Wildman–Crippen MR) is 143 cm³/mol. The van der Waals surface area contributed by atoms with E-state index in [9.17, 15) is 23.6 Å². The Morgan fingerprint density at radius 1 is 1.08 bits per heavy atom. The van der Waals surface area contributed by atoms with Crippen LogP contribution in [0.3, 0.4) is 0 Å². The van der Waals surface area contributed by atoms with Crippen LogP contribution in [0.5, 0.6) is 0 Å². The minimum Gasteiger partial charge on any atom is -0.469 e. The topological polar surface area (TPSA) is 131 Å². The van der Waals surface area contributed by atoms with Gasteiger partial charge < -0.3 is 26.0 Å². The number of ether oxygens (including phenoxy) is 1. The maximum atomic E-state index is 14.6. The fourth-order valence-corrected chi connectivity index (χ4v) is 4.59. The van der Waals surface area contributed by atoms with Gasteiger partial charge >= 0.3 is 5.97 Å². The lowest BCUT2D eigenvalue weighted by Gasteiger charge is -2.34. The van der Waals surface area contributed by atoms with Gasteiger partial charge in [0.25, 0.3) is 0 Å². The Kier molecular flexibility index (Phi) is 12.2. The largest absolute Gasteiger partial charge is 0.469 e. The molecule has 10 heteroatoms. The first-order valence-corrected chi connectivity index (χ1v) is 13.4. The first-order chi connectivity index (χ1) is 17.9. The summed E-state index contributed by atoms with van der Waals surface area (Å²) in [5.41, 5.74) is 5.20. The van der Waals surface area contributed by atoms with E-state index in [1.807, 2.05) is 37.3 Å². The van der Waals surface area contributed by atoms with Gasteiger partial charge in [0.15, 0.2) is 0 Å². The van der Waals surface area contributed by atoms with Crippen LogP contribution >= 0.6 is 0 Å². The summed E-state index contributed by atoms with van der Waals surface area (Å²) in [6.07, 6.45) is 2.88. The maximum absolute atomic E-state index is 14.6. The number of methoxy groups -OCH3 is 1. The molecule has 1 saturated heterocycles. The molecule has 4 N–H and O–H groups in total. The van der Waals surface area contributed by atoms with Crippen LogP contribution in [0.25, 0.3) is 0 Å². The Bertz CT molecular complexity index is 929. The van der Waals surface area contributed by atoms with E-state index >= 15 is 0 Å². The van der Waals surface area contributed by atoms with Crippen molar-refractivity contribution in [2.45, 2.75) is 89.5 Å². The first-order valence-electron chi connectivity index (χ1n) is 13.4. The molecule has 3 atom stereocenters. The Morgan fingerprint density at radius 2 is 1.68 bits per heavy atom. The van der Waals surface area contributed by atoms with Crippen molar-refractivity contribution in [3.63, 3.8) is 0 Å². The molecule has 0 spiro atoms. The molecule has 212 valence electrons. The second kappa shape index (κ2) is 14.8. The van der Waals surface area contributed by atoms with E-state index in [2.05, 4.69) is 10.6 Å². The van der Waals surface area contributed by atoms with Gasteiger partial charge in [0.2, 0.25) is 17.7 Å². The molecule has 1 fully saturated rings. The molecule has 1 aromatic rings. The summed E-state index contributed by atoms with van der Waals surface area (Å²) >= 11 is 0. The van der Waals surface area contributed by atoms with E-state index in [1.54, 1.807) is 4.90 Å². The number of nitrogens with zero attached hydrogens (tertiary/aromatic N) is 1. The SMILES string of the molecule is CCCCC(NC(=O)[C@@H](CC(C)(C)F)NC(=O)[C@H](N)Cc1ccccc1)C(=O)N1CCC(C(=O)OC)CC1. The number of esters is 1. The zero-order valence-electron chi connectivity index (χ0n) is 23.0. The third-order valence-electron chi connectivity index (χ3n) is 6.76. The van der Waals surface area contributed by atoms with Gasteiger partial charge in [-0.25, -0.2) is 4.39 Å². The molecule has 1 aromatic carbocycles. The van der Waals surface area contributed by atoms with Gasteiger partial charge in [-0.15, -0.1) is 0 Å². The van der Waals surface area contributed by atoms with E-state index in [0.29, 0.717) is 38.8 Å². The van der Waals surface area contributed by atoms with Crippen LogP contribution in [0.4, 0.5) is 4.39 Å². The maximum Gasteiger partial charge on any atom is 0.308 e. The normalized spacial score (nSPS) is 16.7. The number of nitrogens with one attached hydrogen (secondary N) is 2. The van der Waals surface area contributed by atoms with E-state index in [0.717, 1.165) is 12.0 Å². The van der Waals surface area contributed by atoms with Gasteiger partial charge in [0.1, 0.15) is 17.8 Å². The highest BCUT2D eigenvalue weighted by atomic mass is 19.1. The molecule has 0 aromatic heterocycles. The Morgan fingerprint density at radius 3 is 2.24 bits per heavy atom. The quantitative estimate of drug-likeness (QED) is 0.333. The third kappa shape index (κ3) is 10.0. The number of hydrogen-bond donors (Lipinski definition) is 3. The van der Waals surface area contributed by atoms with Crippen LogP contribution in [-0.4, -0.2) is 72.6 Å². The Labute approximate surface area is 225 Å². The van der Waals surface area contributed by atoms with E-state index < -0.39 is 35.6 Å². The summed E-state index contributed by atoms with van der Waals surface area (Å²) in [5.74, 6) is -1.99. The zero-order chi connectivity index (χ0) is 28.3. The molecule has 0 aliphatic carbocycles. The van der Waals surface area contributed by atoms with Gasteiger partial charge in [-0.1, -0.05) is 50.1 Å². The lowest BCUT2D eigenvalue weighted by molar-refractivity contribution is -0.149. The van der Waals surface area contributed by atoms with Crippen molar-refractivity contribution >= 4 is 23.7 Å². The first kappa shape index (κ1) is 31.2. The average molecular weight is 535 g/mol. The number of halogens is 1. The second-order valence-corrected chi connectivity index (χ2v) is 10.6. The molecular formula is C28H43FN4O5. The number of likely N-dealkylation sites (tertiary alicyclic amines) is 1. The number of rotatable bonds is 13. The smallest absolute Gasteiger partial charge is 0.308 e. The number of benzene rings is 1. The molecule has 1 heterocycles. The van der Waals surface area contributed by atoms with Crippen LogP contribution in [0.2, 0.25) is 0 Å². The van der Waals surface area contributed by atoms with E-state index in [-0.39, 0.29) is 30.6 Å². The Hall–Kier alpha value is -3.01. The van der Waals surface area contributed by atoms with Crippen LogP contribution in [0.1, 0.15) is 64.9 Å². The van der Waals surface area contributed by atoms with Crippen molar-refractivity contribution in [3.05, 3.63) is 35.9 Å². The number of unbranched alkanes of at least 4 members (excludes halogenated alkanes) is 1. The lowest BCUT2D eigenvalue weighted by atomic mass is 9.95. The summed E-state index contributed by atoms with van der Waals surface area (Å²) in [4.78, 5) is 53.0. The molecule has 3 amide bonds. The number of alkyl halides is 1. The van der Waals surface area contributed by atoms with Crippen molar-refractivity contribution < 1.29 is 28.3 Å². The number of nitrogens with two attached hydrogens (primary N) is 1. The second-order valence-electron chi connectivity index (χ2n) is 10.6. The molecule has 1 aliphatic heterocycles. The zero-order valence-corrected chi connectivity index (χ0v) is 23.0. The van der Waals surface area contributed by atoms with Crippen LogP contribution in [-0.2, 0) is 30.3 Å². The molecule has 0 saturated carbocycles. The molecule has 0 radical (unpaired) electrons. The highest BCUT2D eigenvalue weighted by Crippen LogP contribution is 2.21. The van der Waals surface area contributed by atoms with E-state index in [1.165, 1.54) is 21.0 Å². The van der Waals surface area contributed by atoms with Crippen molar-refractivity contribution in [2.75, 3.05) is 20.2 Å². The molecule has 38 heavy (non-hydrogen) atoms. The molecule has 1 aliphatic rings. The number of carbonyl (C=O) groups is 4. The molecular weight excluding hydrogens is 491 g/mol. The summed E-state index contributed by atoms with van der Waals surface area (Å²) in [7, 11) is 1.35. The van der Waals surface area contributed by atoms with Gasteiger partial charge in [-0.05, 0) is 45.1 Å². The minimum absolute atomic E-state index is 0.250. The standard InChI is InChI=1S/C28H43FN4O5/c1-5-6-12-22(26(36)33-15-13-20(14-16-33)27(37)38-4)31-25(35)23(18-28(2,3)29)32-24(34)21(30)17-19-10-8-7-9-11-19/h7-11,20-23H,5-6,12-18,30H2,1-4H3,(H,31,35)(H,32,34)/t21-,22?,23-/m1/s1. The minimum atomic E-state index is -1.75. The van der Waals surface area contributed by atoms with Gasteiger partial charge in [-0.2, -0.15) is 0 Å². The third-order valence-corrected chi connectivity index (χ3v) is 6.76. The molecule has 1 unspecified atom stereocenters. The lowest BCUT2D eigenvalue weighted by Crippen LogP contribution is -2.58. The number of hydrogen-bond acceptors (Lipinski definition) is 6. The molecule has 0 bridgehead atoms. The van der Waals surface area contributed by atoms with Crippen molar-refractivity contribution in [2.24, 2.45) is 11.7 Å². The summed E-state index contributed by atoms with van der Waals surface area (Å²) in [5, 5.41) is 5.37. The monoisotopic (exact) mass is 534 g/mol. The Balaban J connectivity index is 2.09. The van der Waals surface area contributed by atoms with Crippen LogP contribution < -0.4 is 16.4 Å².